The van der Waals surface area contributed by atoms with Gasteiger partial charge in [0.25, 0.3) is 0 Å². The second-order valence-electron chi connectivity index (χ2n) is 5.63. The zero-order valence-corrected chi connectivity index (χ0v) is 14.0. The van der Waals surface area contributed by atoms with Gasteiger partial charge in [-0.15, -0.1) is 11.8 Å². The third kappa shape index (κ3) is 10.4. The summed E-state index contributed by atoms with van der Waals surface area (Å²) in [6.07, 6.45) is 9.88. The Kier molecular flexibility index (Phi) is 10.1. The Bertz CT molecular complexity index is 387. The van der Waals surface area contributed by atoms with E-state index in [9.17, 15) is 4.79 Å². The Morgan fingerprint density at radius 2 is 1.43 bits per heavy atom. The highest BCUT2D eigenvalue weighted by atomic mass is 32.2. The summed E-state index contributed by atoms with van der Waals surface area (Å²) in [4.78, 5) is 11.7. The van der Waals surface area contributed by atoms with Crippen LogP contribution < -0.4 is 0 Å². The van der Waals surface area contributed by atoms with Crippen LogP contribution in [0, 0.1) is 6.92 Å². The van der Waals surface area contributed by atoms with Crippen molar-refractivity contribution in [1.82, 2.24) is 0 Å². The molecule has 1 rings (SSSR count). The van der Waals surface area contributed by atoms with E-state index in [-0.39, 0.29) is 0 Å². The molecule has 0 fully saturated rings. The SMILES string of the molecule is Cc1ccc(SCCCCCCCCCCC(=O)O)cc1. The smallest absolute Gasteiger partial charge is 0.303 e. The topological polar surface area (TPSA) is 37.3 Å². The number of benzene rings is 1. The van der Waals surface area contributed by atoms with Gasteiger partial charge in [-0.25, -0.2) is 0 Å². The largest absolute Gasteiger partial charge is 0.481 e. The molecule has 0 aromatic heterocycles. The summed E-state index contributed by atoms with van der Waals surface area (Å²) in [7, 11) is 0. The molecule has 1 aromatic carbocycles. The maximum Gasteiger partial charge on any atom is 0.303 e. The number of carboxylic acids is 1. The first-order valence-corrected chi connectivity index (χ1v) is 9.08. The number of hydrogen-bond acceptors (Lipinski definition) is 2. The lowest BCUT2D eigenvalue weighted by atomic mass is 10.1. The van der Waals surface area contributed by atoms with E-state index in [2.05, 4.69) is 31.2 Å². The van der Waals surface area contributed by atoms with Gasteiger partial charge in [-0.2, -0.15) is 0 Å². The standard InChI is InChI=1S/C18H28O2S/c1-16-11-13-17(14-12-16)21-15-9-7-5-3-2-4-6-8-10-18(19)20/h11-14H,2-10,15H2,1H3,(H,19,20). The van der Waals surface area contributed by atoms with E-state index in [1.54, 1.807) is 0 Å². The molecule has 0 aliphatic carbocycles. The molecule has 1 N–H and O–H groups in total. The highest BCUT2D eigenvalue weighted by molar-refractivity contribution is 7.99. The van der Waals surface area contributed by atoms with Crippen LogP contribution in [-0.4, -0.2) is 16.8 Å². The van der Waals surface area contributed by atoms with Gasteiger partial charge in [0.1, 0.15) is 0 Å². The fourth-order valence-corrected chi connectivity index (χ4v) is 3.18. The Morgan fingerprint density at radius 3 is 2.00 bits per heavy atom. The minimum atomic E-state index is -0.666. The minimum absolute atomic E-state index is 0.330. The summed E-state index contributed by atoms with van der Waals surface area (Å²) in [5.41, 5.74) is 1.32. The Hall–Kier alpha value is -0.960. The lowest BCUT2D eigenvalue weighted by molar-refractivity contribution is -0.137. The predicted molar refractivity (Wildman–Crippen MR) is 91.1 cm³/mol. The van der Waals surface area contributed by atoms with Gasteiger partial charge in [-0.3, -0.25) is 4.79 Å². The quantitative estimate of drug-likeness (QED) is 0.398. The Morgan fingerprint density at radius 1 is 0.905 bits per heavy atom. The van der Waals surface area contributed by atoms with Gasteiger partial charge in [0.15, 0.2) is 0 Å². The van der Waals surface area contributed by atoms with Crippen LogP contribution >= 0.6 is 11.8 Å². The van der Waals surface area contributed by atoms with Gasteiger partial charge in [0, 0.05) is 11.3 Å². The number of carbonyl (C=O) groups is 1. The summed E-state index contributed by atoms with van der Waals surface area (Å²) in [6, 6.07) is 8.76. The monoisotopic (exact) mass is 308 g/mol. The molecule has 0 unspecified atom stereocenters. The van der Waals surface area contributed by atoms with Crippen molar-refractivity contribution < 1.29 is 9.90 Å². The van der Waals surface area contributed by atoms with E-state index < -0.39 is 5.97 Å². The fourth-order valence-electron chi connectivity index (χ4n) is 2.26. The number of thioether (sulfide) groups is 1. The number of hydrogen-bond donors (Lipinski definition) is 1. The molecule has 0 bridgehead atoms. The Balaban J connectivity index is 1.84. The molecule has 0 amide bonds. The van der Waals surface area contributed by atoms with Crippen LogP contribution in [-0.2, 0) is 4.79 Å². The molecule has 0 atom stereocenters. The number of rotatable bonds is 12. The average molecular weight is 308 g/mol. The second kappa shape index (κ2) is 11.7. The molecular formula is C18H28O2S. The molecule has 0 heterocycles. The van der Waals surface area contributed by atoms with Crippen molar-refractivity contribution in [3.63, 3.8) is 0 Å². The van der Waals surface area contributed by atoms with Gasteiger partial charge < -0.3 is 5.11 Å². The van der Waals surface area contributed by atoms with E-state index in [1.165, 1.54) is 54.7 Å². The molecule has 0 aliphatic heterocycles. The third-order valence-corrected chi connectivity index (χ3v) is 4.67. The van der Waals surface area contributed by atoms with Crippen molar-refractivity contribution in [3.8, 4) is 0 Å². The predicted octanol–water partition coefficient (Wildman–Crippen LogP) is 5.68. The summed E-state index contributed by atoms with van der Waals surface area (Å²) >= 11 is 1.95. The van der Waals surface area contributed by atoms with E-state index in [1.807, 2.05) is 11.8 Å². The zero-order valence-electron chi connectivity index (χ0n) is 13.1. The van der Waals surface area contributed by atoms with Crippen molar-refractivity contribution >= 4 is 17.7 Å². The van der Waals surface area contributed by atoms with Crippen molar-refractivity contribution in [3.05, 3.63) is 29.8 Å². The molecule has 0 saturated heterocycles. The van der Waals surface area contributed by atoms with Crippen LogP contribution in [0.15, 0.2) is 29.2 Å². The first kappa shape index (κ1) is 18.1. The maximum absolute atomic E-state index is 10.4. The van der Waals surface area contributed by atoms with Crippen LogP contribution in [0.2, 0.25) is 0 Å². The van der Waals surface area contributed by atoms with Crippen LogP contribution in [0.5, 0.6) is 0 Å². The van der Waals surface area contributed by atoms with Crippen LogP contribution in [0.1, 0.15) is 63.4 Å². The lowest BCUT2D eigenvalue weighted by Crippen LogP contribution is -1.93. The van der Waals surface area contributed by atoms with Crippen molar-refractivity contribution in [2.45, 2.75) is 69.6 Å². The molecule has 0 aliphatic rings. The first-order valence-electron chi connectivity index (χ1n) is 8.10. The number of aryl methyl sites for hydroxylation is 1. The lowest BCUT2D eigenvalue weighted by Gasteiger charge is -2.03. The van der Waals surface area contributed by atoms with Gasteiger partial charge in [0.2, 0.25) is 0 Å². The summed E-state index contributed by atoms with van der Waals surface area (Å²) in [5, 5.41) is 8.53. The van der Waals surface area contributed by atoms with Crippen molar-refractivity contribution in [2.24, 2.45) is 0 Å². The summed E-state index contributed by atoms with van der Waals surface area (Å²) in [6.45, 7) is 2.12. The van der Waals surface area contributed by atoms with Crippen LogP contribution in [0.4, 0.5) is 0 Å². The fraction of sp³-hybridized carbons (Fsp3) is 0.611. The molecule has 0 spiro atoms. The zero-order chi connectivity index (χ0) is 15.3. The second-order valence-corrected chi connectivity index (χ2v) is 6.80. The van der Waals surface area contributed by atoms with E-state index in [4.69, 9.17) is 5.11 Å². The molecule has 2 nitrogen and oxygen atoms in total. The highest BCUT2D eigenvalue weighted by Crippen LogP contribution is 2.20. The number of unbranched alkanes of at least 4 members (excludes halogenated alkanes) is 7. The van der Waals surface area contributed by atoms with Crippen LogP contribution in [0.25, 0.3) is 0 Å². The molecule has 0 radical (unpaired) electrons. The molecular weight excluding hydrogens is 280 g/mol. The molecule has 3 heteroatoms. The van der Waals surface area contributed by atoms with E-state index in [0.29, 0.717) is 6.42 Å². The van der Waals surface area contributed by atoms with Crippen molar-refractivity contribution in [1.29, 1.82) is 0 Å². The van der Waals surface area contributed by atoms with Gasteiger partial charge in [-0.05, 0) is 37.7 Å². The molecule has 0 saturated carbocycles. The van der Waals surface area contributed by atoms with Gasteiger partial charge in [-0.1, -0.05) is 56.2 Å². The molecule has 118 valence electrons. The molecule has 21 heavy (non-hydrogen) atoms. The van der Waals surface area contributed by atoms with Crippen LogP contribution in [0.3, 0.4) is 0 Å². The summed E-state index contributed by atoms with van der Waals surface area (Å²) in [5.74, 6) is 0.544. The van der Waals surface area contributed by atoms with Gasteiger partial charge >= 0.3 is 5.97 Å². The highest BCUT2D eigenvalue weighted by Gasteiger charge is 1.97. The van der Waals surface area contributed by atoms with Crippen molar-refractivity contribution in [2.75, 3.05) is 5.75 Å². The van der Waals surface area contributed by atoms with E-state index >= 15 is 0 Å². The first-order chi connectivity index (χ1) is 10.2. The third-order valence-electron chi connectivity index (χ3n) is 3.57. The van der Waals surface area contributed by atoms with Gasteiger partial charge in [0.05, 0.1) is 0 Å². The summed E-state index contributed by atoms with van der Waals surface area (Å²) < 4.78 is 0. The Labute approximate surface area is 133 Å². The minimum Gasteiger partial charge on any atom is -0.481 e. The number of carboxylic acid groups (broad SMARTS) is 1. The molecule has 1 aromatic rings. The van der Waals surface area contributed by atoms with E-state index in [0.717, 1.165) is 12.8 Å². The number of aliphatic carboxylic acids is 1. The average Bonchev–Trinajstić information content (AvgIpc) is 2.46. The normalized spacial score (nSPS) is 10.7. The maximum atomic E-state index is 10.4.